The van der Waals surface area contributed by atoms with E-state index in [1.54, 1.807) is 11.9 Å². The van der Waals surface area contributed by atoms with Gasteiger partial charge in [-0.25, -0.2) is 4.79 Å². The zero-order valence-electron chi connectivity index (χ0n) is 13.9. The van der Waals surface area contributed by atoms with Crippen LogP contribution in [0, 0.1) is 0 Å². The number of hydrogen-bond donors (Lipinski definition) is 1. The summed E-state index contributed by atoms with van der Waals surface area (Å²) >= 11 is 0. The molecule has 0 fully saturated rings. The van der Waals surface area contributed by atoms with Gasteiger partial charge in [-0.1, -0.05) is 36.4 Å². The van der Waals surface area contributed by atoms with Crippen LogP contribution < -0.4 is 14.8 Å². The Morgan fingerprint density at radius 1 is 1.00 bits per heavy atom. The maximum absolute atomic E-state index is 12.4. The minimum absolute atomic E-state index is 0.159. The number of carbonyl (C=O) groups is 1. The summed E-state index contributed by atoms with van der Waals surface area (Å²) in [6.07, 6.45) is 0. The minimum atomic E-state index is -0.159. The van der Waals surface area contributed by atoms with Crippen LogP contribution in [-0.4, -0.2) is 24.8 Å². The fourth-order valence-electron chi connectivity index (χ4n) is 2.87. The van der Waals surface area contributed by atoms with Crippen molar-refractivity contribution in [2.75, 3.05) is 19.2 Å². The highest BCUT2D eigenvalue weighted by molar-refractivity contribution is 5.93. The minimum Gasteiger partial charge on any atom is -0.454 e. The van der Waals surface area contributed by atoms with E-state index in [1.807, 2.05) is 60.7 Å². The molecular formula is C20H18N2O3. The van der Waals surface area contributed by atoms with Crippen LogP contribution in [0.4, 0.5) is 10.5 Å². The van der Waals surface area contributed by atoms with Crippen molar-refractivity contribution in [3.63, 3.8) is 0 Å². The summed E-state index contributed by atoms with van der Waals surface area (Å²) in [6, 6.07) is 19.5. The number of amides is 2. The van der Waals surface area contributed by atoms with Gasteiger partial charge in [-0.2, -0.15) is 0 Å². The van der Waals surface area contributed by atoms with Crippen LogP contribution in [0.3, 0.4) is 0 Å². The molecule has 0 saturated heterocycles. The zero-order chi connectivity index (χ0) is 17.2. The van der Waals surface area contributed by atoms with Crippen molar-refractivity contribution in [3.8, 4) is 11.5 Å². The van der Waals surface area contributed by atoms with Crippen molar-refractivity contribution < 1.29 is 14.3 Å². The van der Waals surface area contributed by atoms with Crippen molar-refractivity contribution in [1.82, 2.24) is 4.90 Å². The average molecular weight is 334 g/mol. The molecule has 25 heavy (non-hydrogen) atoms. The SMILES string of the molecule is CN(Cc1ccc2c(c1)OCO2)C(=O)Nc1ccc2ccccc2c1. The molecule has 0 spiro atoms. The Kier molecular flexibility index (Phi) is 3.90. The summed E-state index contributed by atoms with van der Waals surface area (Å²) in [4.78, 5) is 14.1. The van der Waals surface area contributed by atoms with Crippen LogP contribution in [-0.2, 0) is 6.54 Å². The topological polar surface area (TPSA) is 50.8 Å². The Morgan fingerprint density at radius 3 is 2.68 bits per heavy atom. The van der Waals surface area contributed by atoms with Gasteiger partial charge in [-0.05, 0) is 40.6 Å². The molecule has 0 saturated carbocycles. The van der Waals surface area contributed by atoms with Crippen molar-refractivity contribution >= 4 is 22.5 Å². The summed E-state index contributed by atoms with van der Waals surface area (Å²) < 4.78 is 10.7. The molecule has 0 atom stereocenters. The second-order valence-electron chi connectivity index (χ2n) is 6.04. The molecule has 0 aliphatic carbocycles. The average Bonchev–Trinajstić information content (AvgIpc) is 3.09. The van der Waals surface area contributed by atoms with Crippen molar-refractivity contribution in [1.29, 1.82) is 0 Å². The van der Waals surface area contributed by atoms with Crippen LogP contribution in [0.15, 0.2) is 60.7 Å². The Morgan fingerprint density at radius 2 is 1.80 bits per heavy atom. The van der Waals surface area contributed by atoms with E-state index in [2.05, 4.69) is 5.32 Å². The van der Waals surface area contributed by atoms with E-state index in [4.69, 9.17) is 9.47 Å². The highest BCUT2D eigenvalue weighted by Crippen LogP contribution is 2.32. The number of benzene rings is 3. The first-order valence-corrected chi connectivity index (χ1v) is 8.08. The Labute approximate surface area is 145 Å². The molecule has 0 aromatic heterocycles. The second-order valence-corrected chi connectivity index (χ2v) is 6.04. The molecule has 5 nitrogen and oxygen atoms in total. The summed E-state index contributed by atoms with van der Waals surface area (Å²) in [5, 5.41) is 5.18. The van der Waals surface area contributed by atoms with Gasteiger partial charge in [0.1, 0.15) is 0 Å². The van der Waals surface area contributed by atoms with Gasteiger partial charge >= 0.3 is 6.03 Å². The Bertz CT molecular complexity index is 939. The third kappa shape index (κ3) is 3.21. The van der Waals surface area contributed by atoms with Gasteiger partial charge in [0.15, 0.2) is 11.5 Å². The number of nitrogens with one attached hydrogen (secondary N) is 1. The Hall–Kier alpha value is -3.21. The lowest BCUT2D eigenvalue weighted by Crippen LogP contribution is -2.30. The lowest BCUT2D eigenvalue weighted by atomic mass is 10.1. The molecule has 3 aromatic rings. The van der Waals surface area contributed by atoms with E-state index in [0.717, 1.165) is 33.5 Å². The van der Waals surface area contributed by atoms with E-state index in [-0.39, 0.29) is 12.8 Å². The molecule has 126 valence electrons. The third-order valence-electron chi connectivity index (χ3n) is 4.20. The van der Waals surface area contributed by atoms with Gasteiger partial charge in [-0.3, -0.25) is 0 Å². The highest BCUT2D eigenvalue weighted by Gasteiger charge is 2.15. The normalized spacial score (nSPS) is 12.2. The number of anilines is 1. The van der Waals surface area contributed by atoms with Gasteiger partial charge in [0.2, 0.25) is 6.79 Å². The number of ether oxygens (including phenoxy) is 2. The van der Waals surface area contributed by atoms with Gasteiger partial charge in [-0.15, -0.1) is 0 Å². The molecule has 1 heterocycles. The lowest BCUT2D eigenvalue weighted by molar-refractivity contribution is 0.174. The third-order valence-corrected chi connectivity index (χ3v) is 4.20. The van der Waals surface area contributed by atoms with Gasteiger partial charge in [0.25, 0.3) is 0 Å². The van der Waals surface area contributed by atoms with Crippen LogP contribution in [0.5, 0.6) is 11.5 Å². The smallest absolute Gasteiger partial charge is 0.321 e. The van der Waals surface area contributed by atoms with Gasteiger partial charge < -0.3 is 19.7 Å². The van der Waals surface area contributed by atoms with Crippen LogP contribution in [0.1, 0.15) is 5.56 Å². The molecule has 1 aliphatic heterocycles. The number of rotatable bonds is 3. The molecule has 4 rings (SSSR count). The second kappa shape index (κ2) is 6.36. The predicted octanol–water partition coefficient (Wildman–Crippen LogP) is 4.23. The highest BCUT2D eigenvalue weighted by atomic mass is 16.7. The van der Waals surface area contributed by atoms with Crippen LogP contribution in [0.25, 0.3) is 10.8 Å². The number of hydrogen-bond acceptors (Lipinski definition) is 3. The fraction of sp³-hybridized carbons (Fsp3) is 0.150. The number of urea groups is 1. The molecule has 1 aliphatic rings. The first-order valence-electron chi connectivity index (χ1n) is 8.08. The molecule has 0 bridgehead atoms. The molecule has 1 N–H and O–H groups in total. The number of fused-ring (bicyclic) bond motifs is 2. The molecule has 3 aromatic carbocycles. The van der Waals surface area contributed by atoms with E-state index < -0.39 is 0 Å². The van der Waals surface area contributed by atoms with Gasteiger partial charge in [0, 0.05) is 19.3 Å². The molecule has 0 unspecified atom stereocenters. The fourth-order valence-corrected chi connectivity index (χ4v) is 2.87. The first kappa shape index (κ1) is 15.3. The number of carbonyl (C=O) groups excluding carboxylic acids is 1. The summed E-state index contributed by atoms with van der Waals surface area (Å²) in [7, 11) is 1.76. The molecule has 5 heteroatoms. The van der Waals surface area contributed by atoms with E-state index in [0.29, 0.717) is 6.54 Å². The number of nitrogens with zero attached hydrogens (tertiary/aromatic N) is 1. The maximum Gasteiger partial charge on any atom is 0.321 e. The standard InChI is InChI=1S/C20H18N2O3/c1-22(12-14-6-9-18-19(10-14)25-13-24-18)20(23)21-17-8-7-15-4-2-3-5-16(15)11-17/h2-11H,12-13H2,1H3,(H,21,23). The Balaban J connectivity index is 1.44. The van der Waals surface area contributed by atoms with Gasteiger partial charge in [0.05, 0.1) is 0 Å². The monoisotopic (exact) mass is 334 g/mol. The van der Waals surface area contributed by atoms with E-state index >= 15 is 0 Å². The summed E-state index contributed by atoms with van der Waals surface area (Å²) in [5.74, 6) is 1.47. The first-order chi connectivity index (χ1) is 12.2. The maximum atomic E-state index is 12.4. The lowest BCUT2D eigenvalue weighted by Gasteiger charge is -2.18. The quantitative estimate of drug-likeness (QED) is 0.780. The predicted molar refractivity (Wildman–Crippen MR) is 97.0 cm³/mol. The molecule has 2 amide bonds. The van der Waals surface area contributed by atoms with Crippen molar-refractivity contribution in [2.45, 2.75) is 6.54 Å². The summed E-state index contributed by atoms with van der Waals surface area (Å²) in [6.45, 7) is 0.729. The van der Waals surface area contributed by atoms with Crippen LogP contribution in [0.2, 0.25) is 0 Å². The summed E-state index contributed by atoms with van der Waals surface area (Å²) in [5.41, 5.74) is 1.77. The molecule has 0 radical (unpaired) electrons. The molecular weight excluding hydrogens is 316 g/mol. The van der Waals surface area contributed by atoms with Crippen molar-refractivity contribution in [3.05, 3.63) is 66.2 Å². The van der Waals surface area contributed by atoms with E-state index in [9.17, 15) is 4.79 Å². The largest absolute Gasteiger partial charge is 0.454 e. The van der Waals surface area contributed by atoms with E-state index in [1.165, 1.54) is 0 Å². The zero-order valence-corrected chi connectivity index (χ0v) is 13.9. The van der Waals surface area contributed by atoms with Crippen molar-refractivity contribution in [2.24, 2.45) is 0 Å². The van der Waals surface area contributed by atoms with Crippen LogP contribution >= 0.6 is 0 Å².